The zero-order chi connectivity index (χ0) is 16.0. The van der Waals surface area contributed by atoms with Gasteiger partial charge in [-0.25, -0.2) is 9.78 Å². The number of aromatic nitrogens is 1. The van der Waals surface area contributed by atoms with Crippen molar-refractivity contribution in [1.82, 2.24) is 9.88 Å². The molecule has 6 heteroatoms. The first kappa shape index (κ1) is 14.9. The maximum absolute atomic E-state index is 12.0. The van der Waals surface area contributed by atoms with Gasteiger partial charge in [-0.05, 0) is 39.3 Å². The number of hydrogen-bond acceptors (Lipinski definition) is 5. The average Bonchev–Trinajstić information content (AvgIpc) is 2.81. The largest absolute Gasteiger partial charge is 0.444 e. The number of hydrogen-bond donors (Lipinski definition) is 1. The van der Waals surface area contributed by atoms with Gasteiger partial charge in [-0.15, -0.1) is 0 Å². The van der Waals surface area contributed by atoms with Gasteiger partial charge in [0.2, 0.25) is 0 Å². The molecule has 2 fully saturated rings. The van der Waals surface area contributed by atoms with Crippen LogP contribution in [-0.4, -0.2) is 47.8 Å². The van der Waals surface area contributed by atoms with Crippen LogP contribution in [0, 0.1) is 5.41 Å². The van der Waals surface area contributed by atoms with Gasteiger partial charge in [0, 0.05) is 31.6 Å². The van der Waals surface area contributed by atoms with Gasteiger partial charge in [0.05, 0.1) is 11.9 Å². The highest BCUT2D eigenvalue weighted by atomic mass is 16.6. The van der Waals surface area contributed by atoms with Gasteiger partial charge < -0.3 is 20.3 Å². The fourth-order valence-electron chi connectivity index (χ4n) is 3.22. The highest BCUT2D eigenvalue weighted by Gasteiger charge is 2.50. The van der Waals surface area contributed by atoms with Gasteiger partial charge in [-0.1, -0.05) is 0 Å². The molecular weight excluding hydrogens is 280 g/mol. The van der Waals surface area contributed by atoms with E-state index in [1.54, 1.807) is 4.90 Å². The van der Waals surface area contributed by atoms with Crippen molar-refractivity contribution in [1.29, 1.82) is 0 Å². The average molecular weight is 304 g/mol. The summed E-state index contributed by atoms with van der Waals surface area (Å²) in [5, 5.41) is 0. The lowest BCUT2D eigenvalue weighted by Gasteiger charge is -2.47. The molecule has 0 saturated carbocycles. The molecule has 1 amide bonds. The first-order chi connectivity index (χ1) is 10.3. The molecule has 6 nitrogen and oxygen atoms in total. The normalized spacial score (nSPS) is 20.1. The third-order valence-corrected chi connectivity index (χ3v) is 4.28. The van der Waals surface area contributed by atoms with Crippen molar-refractivity contribution in [2.45, 2.75) is 32.8 Å². The summed E-state index contributed by atoms with van der Waals surface area (Å²) in [7, 11) is 0. The highest BCUT2D eigenvalue weighted by Crippen LogP contribution is 2.41. The summed E-state index contributed by atoms with van der Waals surface area (Å²) < 4.78 is 5.42. The Balaban J connectivity index is 1.56. The Morgan fingerprint density at radius 2 is 2.05 bits per heavy atom. The van der Waals surface area contributed by atoms with Crippen molar-refractivity contribution in [3.8, 4) is 0 Å². The minimum Gasteiger partial charge on any atom is -0.444 e. The van der Waals surface area contributed by atoms with E-state index in [2.05, 4.69) is 9.88 Å². The van der Waals surface area contributed by atoms with Crippen LogP contribution in [0.2, 0.25) is 0 Å². The van der Waals surface area contributed by atoms with E-state index in [-0.39, 0.29) is 11.5 Å². The minimum absolute atomic E-state index is 0.203. The van der Waals surface area contributed by atoms with Crippen LogP contribution >= 0.6 is 0 Å². The Morgan fingerprint density at radius 3 is 2.64 bits per heavy atom. The fraction of sp³-hybridized carbons (Fsp3) is 0.625. The van der Waals surface area contributed by atoms with Gasteiger partial charge >= 0.3 is 6.09 Å². The number of carbonyl (C=O) groups excluding carboxylic acids is 1. The molecule has 22 heavy (non-hydrogen) atoms. The van der Waals surface area contributed by atoms with Crippen LogP contribution in [0.1, 0.15) is 27.2 Å². The van der Waals surface area contributed by atoms with E-state index in [9.17, 15) is 4.79 Å². The van der Waals surface area contributed by atoms with Gasteiger partial charge in [0.1, 0.15) is 11.4 Å². The number of anilines is 2. The molecule has 0 radical (unpaired) electrons. The van der Waals surface area contributed by atoms with E-state index in [0.717, 1.165) is 38.3 Å². The summed E-state index contributed by atoms with van der Waals surface area (Å²) in [6, 6.07) is 3.83. The Kier molecular flexibility index (Phi) is 3.42. The van der Waals surface area contributed by atoms with E-state index >= 15 is 0 Å². The van der Waals surface area contributed by atoms with Gasteiger partial charge in [-0.3, -0.25) is 0 Å². The van der Waals surface area contributed by atoms with Crippen molar-refractivity contribution in [2.75, 3.05) is 36.8 Å². The molecule has 0 unspecified atom stereocenters. The third kappa shape index (κ3) is 2.96. The molecule has 0 aliphatic carbocycles. The number of nitrogens with zero attached hydrogens (tertiary/aromatic N) is 3. The molecule has 2 aliphatic rings. The van der Waals surface area contributed by atoms with Crippen molar-refractivity contribution < 1.29 is 9.53 Å². The Morgan fingerprint density at radius 1 is 1.32 bits per heavy atom. The molecular formula is C16H24N4O2. The Bertz CT molecular complexity index is 559. The number of likely N-dealkylation sites (tertiary alicyclic amines) is 1. The number of rotatable bonds is 1. The molecule has 2 N–H and O–H groups in total. The molecule has 1 spiro atoms. The van der Waals surface area contributed by atoms with Crippen molar-refractivity contribution in [2.24, 2.45) is 5.41 Å². The number of amides is 1. The van der Waals surface area contributed by atoms with Gasteiger partial charge in [-0.2, -0.15) is 0 Å². The number of ether oxygens (including phenoxy) is 1. The molecule has 0 aromatic carbocycles. The fourth-order valence-corrected chi connectivity index (χ4v) is 3.22. The summed E-state index contributed by atoms with van der Waals surface area (Å²) in [4.78, 5) is 20.3. The molecule has 0 bridgehead atoms. The second-order valence-corrected chi connectivity index (χ2v) is 7.45. The van der Waals surface area contributed by atoms with Crippen molar-refractivity contribution in [3.05, 3.63) is 18.3 Å². The van der Waals surface area contributed by atoms with E-state index in [0.29, 0.717) is 5.82 Å². The molecule has 2 saturated heterocycles. The molecule has 0 atom stereocenters. The standard InChI is InChI=1S/C16H24N4O2/c1-15(2,3)22-14(21)20-10-16(11-20)6-7-19(9-16)12-4-5-13(17)18-8-12/h4-5,8H,6-7,9-11H2,1-3H3,(H2,17,18). The summed E-state index contributed by atoms with van der Waals surface area (Å²) in [6.45, 7) is 9.19. The van der Waals surface area contributed by atoms with E-state index in [4.69, 9.17) is 10.5 Å². The highest BCUT2D eigenvalue weighted by molar-refractivity contribution is 5.69. The zero-order valence-corrected chi connectivity index (χ0v) is 13.5. The van der Waals surface area contributed by atoms with Crippen molar-refractivity contribution >= 4 is 17.6 Å². The van der Waals surface area contributed by atoms with Crippen molar-refractivity contribution in [3.63, 3.8) is 0 Å². The second kappa shape index (κ2) is 5.04. The van der Waals surface area contributed by atoms with E-state index in [1.807, 2.05) is 39.1 Å². The molecule has 1 aromatic heterocycles. The smallest absolute Gasteiger partial charge is 0.410 e. The van der Waals surface area contributed by atoms with Gasteiger partial charge in [0.25, 0.3) is 0 Å². The number of pyridine rings is 1. The van der Waals surface area contributed by atoms with Crippen LogP contribution in [0.4, 0.5) is 16.3 Å². The molecule has 1 aromatic rings. The monoisotopic (exact) mass is 304 g/mol. The lowest BCUT2D eigenvalue weighted by atomic mass is 9.79. The molecule has 2 aliphatic heterocycles. The summed E-state index contributed by atoms with van der Waals surface area (Å²) in [5.41, 5.74) is 6.50. The van der Waals surface area contributed by atoms with Crippen LogP contribution in [0.25, 0.3) is 0 Å². The maximum atomic E-state index is 12.0. The molecule has 120 valence electrons. The second-order valence-electron chi connectivity index (χ2n) is 7.45. The minimum atomic E-state index is -0.433. The zero-order valence-electron chi connectivity index (χ0n) is 13.5. The van der Waals surface area contributed by atoms with Crippen LogP contribution < -0.4 is 10.6 Å². The van der Waals surface area contributed by atoms with E-state index in [1.165, 1.54) is 0 Å². The number of carbonyl (C=O) groups is 1. The molecule has 3 heterocycles. The predicted octanol–water partition coefficient (Wildman–Crippen LogP) is 2.11. The van der Waals surface area contributed by atoms with Crippen LogP contribution in [0.15, 0.2) is 18.3 Å². The Hall–Kier alpha value is -1.98. The first-order valence-corrected chi connectivity index (χ1v) is 7.71. The van der Waals surface area contributed by atoms with Crippen LogP contribution in [-0.2, 0) is 4.74 Å². The summed E-state index contributed by atoms with van der Waals surface area (Å²) in [6.07, 6.45) is 2.71. The van der Waals surface area contributed by atoms with Crippen LogP contribution in [0.3, 0.4) is 0 Å². The predicted molar refractivity (Wildman–Crippen MR) is 85.7 cm³/mol. The lowest BCUT2D eigenvalue weighted by Crippen LogP contribution is -2.60. The third-order valence-electron chi connectivity index (χ3n) is 4.28. The SMILES string of the molecule is CC(C)(C)OC(=O)N1CC2(CCN(c3ccc(N)nc3)C2)C1. The maximum Gasteiger partial charge on any atom is 0.410 e. The van der Waals surface area contributed by atoms with Crippen LogP contribution in [0.5, 0.6) is 0 Å². The lowest BCUT2D eigenvalue weighted by molar-refractivity contribution is -0.0266. The van der Waals surface area contributed by atoms with Gasteiger partial charge in [0.15, 0.2) is 0 Å². The molecule has 3 rings (SSSR count). The topological polar surface area (TPSA) is 71.7 Å². The number of nitrogens with two attached hydrogens (primary N) is 1. The quantitative estimate of drug-likeness (QED) is 0.860. The summed E-state index contributed by atoms with van der Waals surface area (Å²) >= 11 is 0. The Labute approximate surface area is 131 Å². The summed E-state index contributed by atoms with van der Waals surface area (Å²) in [5.74, 6) is 0.539. The first-order valence-electron chi connectivity index (χ1n) is 7.71. The van der Waals surface area contributed by atoms with E-state index < -0.39 is 5.60 Å². The number of nitrogen functional groups attached to an aromatic ring is 1.